The molecule has 8 heteroatoms. The Labute approximate surface area is 123 Å². The Hall–Kier alpha value is -0.770. The number of hydrazine groups is 1. The number of hydrogen-bond acceptors (Lipinski definition) is 5. The molecule has 0 aliphatic heterocycles. The maximum atomic E-state index is 6.10. The fourth-order valence-corrected chi connectivity index (χ4v) is 2.11. The van der Waals surface area contributed by atoms with Crippen LogP contribution in [0.15, 0.2) is 18.2 Å². The van der Waals surface area contributed by atoms with Gasteiger partial charge in [0.1, 0.15) is 0 Å². The summed E-state index contributed by atoms with van der Waals surface area (Å²) in [6.45, 7) is 0. The molecule has 0 aliphatic rings. The van der Waals surface area contributed by atoms with Crippen molar-refractivity contribution in [1.29, 1.82) is 0 Å². The first kappa shape index (κ1) is 13.7. The van der Waals surface area contributed by atoms with Gasteiger partial charge in [0.05, 0.1) is 18.1 Å². The topological polar surface area (TPSA) is 81.7 Å². The van der Waals surface area contributed by atoms with Crippen LogP contribution in [0.4, 0.5) is 0 Å². The number of tetrazole rings is 1. The van der Waals surface area contributed by atoms with E-state index < -0.39 is 0 Å². The van der Waals surface area contributed by atoms with E-state index in [1.54, 1.807) is 7.05 Å². The molecule has 18 heavy (non-hydrogen) atoms. The fourth-order valence-electron chi connectivity index (χ4n) is 1.59. The highest BCUT2D eigenvalue weighted by atomic mass is 127. The molecule has 0 fully saturated rings. The summed E-state index contributed by atoms with van der Waals surface area (Å²) < 4.78 is 1.01. The molecule has 0 saturated carbocycles. The Morgan fingerprint density at radius 2 is 2.33 bits per heavy atom. The normalized spacial score (nSPS) is 12.7. The molecule has 3 N–H and O–H groups in total. The predicted octanol–water partition coefficient (Wildman–Crippen LogP) is 1.22. The lowest BCUT2D eigenvalue weighted by Gasteiger charge is -2.15. The van der Waals surface area contributed by atoms with Gasteiger partial charge in [-0.2, -0.15) is 4.80 Å². The smallest absolute Gasteiger partial charge is 0.176 e. The molecule has 96 valence electrons. The van der Waals surface area contributed by atoms with Crippen LogP contribution in [0, 0.1) is 3.57 Å². The Kier molecular flexibility index (Phi) is 4.49. The van der Waals surface area contributed by atoms with Crippen LogP contribution in [0.2, 0.25) is 5.02 Å². The van der Waals surface area contributed by atoms with Gasteiger partial charge < -0.3 is 0 Å². The number of rotatable bonds is 4. The van der Waals surface area contributed by atoms with Gasteiger partial charge in [-0.25, -0.2) is 0 Å². The molecular formula is C10H12ClIN6. The maximum absolute atomic E-state index is 6.10. The van der Waals surface area contributed by atoms with E-state index in [9.17, 15) is 0 Å². The van der Waals surface area contributed by atoms with E-state index in [0.717, 1.165) is 9.13 Å². The zero-order chi connectivity index (χ0) is 13.1. The zero-order valence-electron chi connectivity index (χ0n) is 9.64. The van der Waals surface area contributed by atoms with Crippen LogP contribution in [0.5, 0.6) is 0 Å². The summed E-state index contributed by atoms with van der Waals surface area (Å²) in [5, 5.41) is 12.6. The third kappa shape index (κ3) is 3.16. The van der Waals surface area contributed by atoms with Gasteiger partial charge in [-0.1, -0.05) is 17.7 Å². The number of aryl methyl sites for hydroxylation is 1. The first-order valence-electron chi connectivity index (χ1n) is 5.24. The standard InChI is InChI=1S/C10H12ClIN6/c1-18-16-10(15-17-18)5-9(14-13)6-2-3-8(12)7(11)4-6/h2-4,9,14H,5,13H2,1H3. The van der Waals surface area contributed by atoms with Gasteiger partial charge in [0.15, 0.2) is 5.82 Å². The van der Waals surface area contributed by atoms with E-state index in [4.69, 9.17) is 17.4 Å². The molecule has 0 amide bonds. The number of nitrogens with one attached hydrogen (secondary N) is 1. The minimum Gasteiger partial charge on any atom is -0.271 e. The van der Waals surface area contributed by atoms with Crippen LogP contribution < -0.4 is 11.3 Å². The van der Waals surface area contributed by atoms with Crippen LogP contribution in [0.25, 0.3) is 0 Å². The van der Waals surface area contributed by atoms with Crippen molar-refractivity contribution >= 4 is 34.2 Å². The number of aromatic nitrogens is 4. The Morgan fingerprint density at radius 1 is 1.56 bits per heavy atom. The van der Waals surface area contributed by atoms with Crippen molar-refractivity contribution in [3.05, 3.63) is 38.2 Å². The molecule has 2 rings (SSSR count). The first-order valence-corrected chi connectivity index (χ1v) is 6.69. The van der Waals surface area contributed by atoms with Crippen LogP contribution in [-0.4, -0.2) is 20.2 Å². The first-order chi connectivity index (χ1) is 8.60. The second-order valence-electron chi connectivity index (χ2n) is 3.79. The molecule has 0 bridgehead atoms. The van der Waals surface area contributed by atoms with Gasteiger partial charge in [-0.15, -0.1) is 10.2 Å². The Bertz CT molecular complexity index is 543. The van der Waals surface area contributed by atoms with Gasteiger partial charge in [0.2, 0.25) is 0 Å². The SMILES string of the molecule is Cn1nnc(CC(NN)c2ccc(I)c(Cl)c2)n1. The number of halogens is 2. The minimum absolute atomic E-state index is 0.0938. The third-order valence-electron chi connectivity index (χ3n) is 2.48. The molecule has 0 saturated heterocycles. The molecule has 1 aromatic heterocycles. The molecule has 1 aromatic carbocycles. The van der Waals surface area contributed by atoms with Crippen molar-refractivity contribution in [2.45, 2.75) is 12.5 Å². The van der Waals surface area contributed by atoms with Gasteiger partial charge in [-0.05, 0) is 45.5 Å². The average molecular weight is 379 g/mol. The highest BCUT2D eigenvalue weighted by Crippen LogP contribution is 2.24. The Balaban J connectivity index is 2.19. The molecule has 6 nitrogen and oxygen atoms in total. The average Bonchev–Trinajstić information content (AvgIpc) is 2.75. The number of nitrogens with two attached hydrogens (primary N) is 1. The lowest BCUT2D eigenvalue weighted by molar-refractivity contribution is 0.536. The summed E-state index contributed by atoms with van der Waals surface area (Å²) in [6.07, 6.45) is 0.557. The van der Waals surface area contributed by atoms with E-state index >= 15 is 0 Å². The summed E-state index contributed by atoms with van der Waals surface area (Å²) in [6, 6.07) is 5.73. The second kappa shape index (κ2) is 5.91. The van der Waals surface area contributed by atoms with Crippen LogP contribution >= 0.6 is 34.2 Å². The summed E-state index contributed by atoms with van der Waals surface area (Å²) >= 11 is 8.28. The van der Waals surface area contributed by atoms with Gasteiger partial charge >= 0.3 is 0 Å². The third-order valence-corrected chi connectivity index (χ3v) is 4.06. The van der Waals surface area contributed by atoms with E-state index in [1.807, 2.05) is 18.2 Å². The summed E-state index contributed by atoms with van der Waals surface area (Å²) in [7, 11) is 1.73. The molecule has 0 radical (unpaired) electrons. The quantitative estimate of drug-likeness (QED) is 0.475. The summed E-state index contributed by atoms with van der Waals surface area (Å²) in [4.78, 5) is 1.42. The maximum Gasteiger partial charge on any atom is 0.176 e. The highest BCUT2D eigenvalue weighted by molar-refractivity contribution is 14.1. The van der Waals surface area contributed by atoms with Crippen molar-refractivity contribution in [1.82, 2.24) is 25.6 Å². The zero-order valence-corrected chi connectivity index (χ0v) is 12.6. The number of benzene rings is 1. The van der Waals surface area contributed by atoms with E-state index in [1.165, 1.54) is 4.80 Å². The monoisotopic (exact) mass is 378 g/mol. The van der Waals surface area contributed by atoms with Crippen molar-refractivity contribution in [2.24, 2.45) is 12.9 Å². The van der Waals surface area contributed by atoms with Crippen LogP contribution in [-0.2, 0) is 13.5 Å². The van der Waals surface area contributed by atoms with Crippen molar-refractivity contribution in [3.63, 3.8) is 0 Å². The highest BCUT2D eigenvalue weighted by Gasteiger charge is 2.14. The molecule has 1 unspecified atom stereocenters. The van der Waals surface area contributed by atoms with Gasteiger partial charge in [-0.3, -0.25) is 11.3 Å². The van der Waals surface area contributed by atoms with E-state index in [2.05, 4.69) is 43.4 Å². The van der Waals surface area contributed by atoms with Gasteiger partial charge in [0, 0.05) is 9.99 Å². The predicted molar refractivity (Wildman–Crippen MR) is 76.7 cm³/mol. The van der Waals surface area contributed by atoms with Crippen molar-refractivity contribution in [3.8, 4) is 0 Å². The molecule has 1 atom stereocenters. The molecular weight excluding hydrogens is 367 g/mol. The fraction of sp³-hybridized carbons (Fsp3) is 0.300. The lowest BCUT2D eigenvalue weighted by atomic mass is 10.0. The van der Waals surface area contributed by atoms with Crippen LogP contribution in [0.3, 0.4) is 0 Å². The van der Waals surface area contributed by atoms with Crippen molar-refractivity contribution < 1.29 is 0 Å². The number of nitrogens with zero attached hydrogens (tertiary/aromatic N) is 4. The van der Waals surface area contributed by atoms with E-state index in [0.29, 0.717) is 17.3 Å². The largest absolute Gasteiger partial charge is 0.271 e. The van der Waals surface area contributed by atoms with Crippen molar-refractivity contribution in [2.75, 3.05) is 0 Å². The molecule has 0 spiro atoms. The van der Waals surface area contributed by atoms with E-state index in [-0.39, 0.29) is 6.04 Å². The summed E-state index contributed by atoms with van der Waals surface area (Å²) in [5.41, 5.74) is 3.74. The lowest BCUT2D eigenvalue weighted by Crippen LogP contribution is -2.30. The van der Waals surface area contributed by atoms with Crippen LogP contribution in [0.1, 0.15) is 17.4 Å². The molecule has 0 aliphatic carbocycles. The van der Waals surface area contributed by atoms with Gasteiger partial charge in [0.25, 0.3) is 0 Å². The number of hydrogen-bond donors (Lipinski definition) is 2. The second-order valence-corrected chi connectivity index (χ2v) is 5.36. The Morgan fingerprint density at radius 3 is 2.89 bits per heavy atom. The molecule has 2 aromatic rings. The summed E-state index contributed by atoms with van der Waals surface area (Å²) in [5.74, 6) is 6.20. The molecule has 1 heterocycles. The minimum atomic E-state index is -0.0938.